The molecule has 19 heavy (non-hydrogen) atoms. The van der Waals surface area contributed by atoms with E-state index < -0.39 is 0 Å². The van der Waals surface area contributed by atoms with Crippen molar-refractivity contribution in [3.05, 3.63) is 54.4 Å². The van der Waals surface area contributed by atoms with Crippen LogP contribution in [0, 0.1) is 5.82 Å². The lowest BCUT2D eigenvalue weighted by atomic mass is 10.1. The molecule has 0 aliphatic rings. The van der Waals surface area contributed by atoms with Crippen molar-refractivity contribution in [2.45, 2.75) is 6.42 Å². The molecule has 2 aromatic heterocycles. The van der Waals surface area contributed by atoms with E-state index in [4.69, 9.17) is 0 Å². The summed E-state index contributed by atoms with van der Waals surface area (Å²) in [7, 11) is 0. The van der Waals surface area contributed by atoms with Gasteiger partial charge in [-0.3, -0.25) is 4.98 Å². The summed E-state index contributed by atoms with van der Waals surface area (Å²) in [6, 6.07) is 4.80. The Morgan fingerprint density at radius 1 is 1.26 bits per heavy atom. The van der Waals surface area contributed by atoms with Crippen molar-refractivity contribution >= 4 is 16.7 Å². The molecular formula is C14H13FN4. The third kappa shape index (κ3) is 2.54. The third-order valence-electron chi connectivity index (χ3n) is 2.99. The normalized spacial score (nSPS) is 10.8. The number of H-pyrrole nitrogens is 1. The average Bonchev–Trinajstić information content (AvgIpc) is 2.82. The molecule has 4 nitrogen and oxygen atoms in total. The summed E-state index contributed by atoms with van der Waals surface area (Å²) in [6.45, 7) is 0.753. The Balaban J connectivity index is 1.69. The molecule has 0 bridgehead atoms. The smallest absolute Gasteiger partial charge is 0.144 e. The molecule has 0 amide bonds. The Labute approximate surface area is 109 Å². The van der Waals surface area contributed by atoms with Gasteiger partial charge in [0.25, 0.3) is 0 Å². The zero-order valence-electron chi connectivity index (χ0n) is 10.2. The first kappa shape index (κ1) is 11.6. The molecule has 0 aliphatic carbocycles. The highest BCUT2D eigenvalue weighted by Gasteiger charge is 2.04. The Kier molecular flexibility index (Phi) is 3.10. The number of nitrogens with zero attached hydrogens (tertiary/aromatic N) is 2. The third-order valence-corrected chi connectivity index (χ3v) is 2.99. The van der Waals surface area contributed by atoms with Crippen molar-refractivity contribution in [1.82, 2.24) is 15.0 Å². The van der Waals surface area contributed by atoms with E-state index in [1.54, 1.807) is 24.7 Å². The van der Waals surface area contributed by atoms with Crippen LogP contribution in [0.1, 0.15) is 5.56 Å². The number of fused-ring (bicyclic) bond motifs is 1. The van der Waals surface area contributed by atoms with Gasteiger partial charge in [-0.15, -0.1) is 0 Å². The first-order chi connectivity index (χ1) is 9.33. The SMILES string of the molecule is Fc1ccc2c(CCNc3cnccn3)c[nH]c2c1. The molecule has 3 aromatic rings. The van der Waals surface area contributed by atoms with Gasteiger partial charge in [0.1, 0.15) is 11.6 Å². The van der Waals surface area contributed by atoms with Crippen molar-refractivity contribution in [2.75, 3.05) is 11.9 Å². The summed E-state index contributed by atoms with van der Waals surface area (Å²) >= 11 is 0. The molecular weight excluding hydrogens is 243 g/mol. The maximum absolute atomic E-state index is 13.1. The highest BCUT2D eigenvalue weighted by molar-refractivity contribution is 5.83. The van der Waals surface area contributed by atoms with Crippen molar-refractivity contribution in [2.24, 2.45) is 0 Å². The van der Waals surface area contributed by atoms with E-state index in [-0.39, 0.29) is 5.82 Å². The Bertz CT molecular complexity index is 678. The highest BCUT2D eigenvalue weighted by atomic mass is 19.1. The van der Waals surface area contributed by atoms with Crippen LogP contribution >= 0.6 is 0 Å². The fraction of sp³-hybridized carbons (Fsp3) is 0.143. The second-order valence-corrected chi connectivity index (χ2v) is 4.27. The van der Waals surface area contributed by atoms with Crippen molar-refractivity contribution in [3.8, 4) is 0 Å². The van der Waals surface area contributed by atoms with E-state index in [9.17, 15) is 4.39 Å². The molecule has 3 rings (SSSR count). The van der Waals surface area contributed by atoms with Gasteiger partial charge in [0.2, 0.25) is 0 Å². The van der Waals surface area contributed by atoms with Crippen LogP contribution in [0.15, 0.2) is 43.0 Å². The van der Waals surface area contributed by atoms with Gasteiger partial charge >= 0.3 is 0 Å². The minimum atomic E-state index is -0.224. The molecule has 0 spiro atoms. The Morgan fingerprint density at radius 3 is 3.05 bits per heavy atom. The molecule has 96 valence electrons. The molecule has 1 aromatic carbocycles. The fourth-order valence-corrected chi connectivity index (χ4v) is 2.08. The second-order valence-electron chi connectivity index (χ2n) is 4.27. The van der Waals surface area contributed by atoms with Crippen LogP contribution in [-0.4, -0.2) is 21.5 Å². The number of hydrogen-bond acceptors (Lipinski definition) is 3. The fourth-order valence-electron chi connectivity index (χ4n) is 2.08. The van der Waals surface area contributed by atoms with Gasteiger partial charge in [-0.05, 0) is 30.2 Å². The zero-order valence-corrected chi connectivity index (χ0v) is 10.2. The average molecular weight is 256 g/mol. The van der Waals surface area contributed by atoms with Crippen molar-refractivity contribution < 1.29 is 4.39 Å². The van der Waals surface area contributed by atoms with Gasteiger partial charge in [-0.25, -0.2) is 9.37 Å². The number of halogens is 1. The van der Waals surface area contributed by atoms with Crippen molar-refractivity contribution in [1.29, 1.82) is 0 Å². The number of benzene rings is 1. The van der Waals surface area contributed by atoms with Crippen LogP contribution in [0.5, 0.6) is 0 Å². The highest BCUT2D eigenvalue weighted by Crippen LogP contribution is 2.19. The summed E-state index contributed by atoms with van der Waals surface area (Å²) in [5.41, 5.74) is 1.99. The quantitative estimate of drug-likeness (QED) is 0.754. The Hall–Kier alpha value is -2.43. The molecule has 2 N–H and O–H groups in total. The van der Waals surface area contributed by atoms with E-state index >= 15 is 0 Å². The zero-order chi connectivity index (χ0) is 13.1. The molecule has 2 heterocycles. The van der Waals surface area contributed by atoms with Crippen LogP contribution in [0.2, 0.25) is 0 Å². The summed E-state index contributed by atoms with van der Waals surface area (Å²) in [4.78, 5) is 11.2. The first-order valence-electron chi connectivity index (χ1n) is 6.08. The number of nitrogens with one attached hydrogen (secondary N) is 2. The molecule has 0 saturated carbocycles. The van der Waals surface area contributed by atoms with Gasteiger partial charge < -0.3 is 10.3 Å². The van der Waals surface area contributed by atoms with Gasteiger partial charge in [0.05, 0.1) is 6.20 Å². The summed E-state index contributed by atoms with van der Waals surface area (Å²) < 4.78 is 13.1. The molecule has 5 heteroatoms. The number of hydrogen-bond donors (Lipinski definition) is 2. The van der Waals surface area contributed by atoms with E-state index in [1.165, 1.54) is 12.1 Å². The van der Waals surface area contributed by atoms with E-state index in [0.29, 0.717) is 0 Å². The molecule has 0 radical (unpaired) electrons. The molecule has 0 fully saturated rings. The largest absolute Gasteiger partial charge is 0.368 e. The number of aromatic nitrogens is 3. The van der Waals surface area contributed by atoms with Crippen molar-refractivity contribution in [3.63, 3.8) is 0 Å². The maximum Gasteiger partial charge on any atom is 0.144 e. The lowest BCUT2D eigenvalue weighted by Gasteiger charge is -2.03. The lowest BCUT2D eigenvalue weighted by molar-refractivity contribution is 0.629. The molecule has 0 saturated heterocycles. The molecule has 0 unspecified atom stereocenters. The molecule has 0 aliphatic heterocycles. The summed E-state index contributed by atoms with van der Waals surface area (Å²) in [5, 5.41) is 4.26. The molecule has 0 atom stereocenters. The van der Waals surface area contributed by atoms with Crippen LogP contribution in [-0.2, 0) is 6.42 Å². The number of aromatic amines is 1. The summed E-state index contributed by atoms with van der Waals surface area (Å²) in [5.74, 6) is 0.534. The predicted molar refractivity (Wildman–Crippen MR) is 72.5 cm³/mol. The summed E-state index contributed by atoms with van der Waals surface area (Å²) in [6.07, 6.45) is 7.73. The second kappa shape index (κ2) is 5.06. The topological polar surface area (TPSA) is 53.6 Å². The van der Waals surface area contributed by atoms with Crippen LogP contribution in [0.4, 0.5) is 10.2 Å². The van der Waals surface area contributed by atoms with Crippen LogP contribution in [0.25, 0.3) is 10.9 Å². The van der Waals surface area contributed by atoms with Crippen LogP contribution < -0.4 is 5.32 Å². The standard InChI is InChI=1S/C14H13FN4/c15-11-1-2-12-10(8-19-13(12)7-11)3-4-17-14-9-16-5-6-18-14/h1-2,5-9,19H,3-4H2,(H,17,18). The lowest BCUT2D eigenvalue weighted by Crippen LogP contribution is -2.05. The van der Waals surface area contributed by atoms with Gasteiger partial charge in [-0.1, -0.05) is 0 Å². The predicted octanol–water partition coefficient (Wildman–Crippen LogP) is 2.75. The van der Waals surface area contributed by atoms with E-state index in [2.05, 4.69) is 20.3 Å². The van der Waals surface area contributed by atoms with Gasteiger partial charge in [0.15, 0.2) is 0 Å². The minimum absolute atomic E-state index is 0.224. The Morgan fingerprint density at radius 2 is 2.21 bits per heavy atom. The van der Waals surface area contributed by atoms with Gasteiger partial charge in [-0.2, -0.15) is 0 Å². The van der Waals surface area contributed by atoms with E-state index in [1.807, 2.05) is 6.20 Å². The monoisotopic (exact) mass is 256 g/mol. The number of anilines is 1. The van der Waals surface area contributed by atoms with Gasteiger partial charge in [0, 0.05) is 36.0 Å². The van der Waals surface area contributed by atoms with Crippen LogP contribution in [0.3, 0.4) is 0 Å². The maximum atomic E-state index is 13.1. The minimum Gasteiger partial charge on any atom is -0.368 e. The first-order valence-corrected chi connectivity index (χ1v) is 6.08. The number of rotatable bonds is 4. The van der Waals surface area contributed by atoms with E-state index in [0.717, 1.165) is 35.2 Å².